The van der Waals surface area contributed by atoms with Gasteiger partial charge < -0.3 is 5.32 Å². The van der Waals surface area contributed by atoms with Gasteiger partial charge >= 0.3 is 0 Å². The molecule has 2 unspecified atom stereocenters. The van der Waals surface area contributed by atoms with E-state index < -0.39 is 0 Å². The predicted octanol–water partition coefficient (Wildman–Crippen LogP) is 3.79. The highest BCUT2D eigenvalue weighted by atomic mass is 15.2. The average molecular weight is 286 g/mol. The molecule has 1 aliphatic carbocycles. The zero-order valence-electron chi connectivity index (χ0n) is 13.4. The van der Waals surface area contributed by atoms with Crippen molar-refractivity contribution in [1.29, 1.82) is 0 Å². The Bertz CT molecular complexity index is 411. The van der Waals surface area contributed by atoms with Gasteiger partial charge in [-0.25, -0.2) is 0 Å². The highest BCUT2D eigenvalue weighted by Gasteiger charge is 2.27. The van der Waals surface area contributed by atoms with Crippen LogP contribution in [-0.4, -0.2) is 36.6 Å². The number of hydrogen-bond donors (Lipinski definition) is 1. The fourth-order valence-corrected chi connectivity index (χ4v) is 3.96. The molecule has 116 valence electrons. The molecule has 0 radical (unpaired) electrons. The number of nitrogens with one attached hydrogen (secondary N) is 1. The third-order valence-electron chi connectivity index (χ3n) is 5.42. The van der Waals surface area contributed by atoms with Gasteiger partial charge in [-0.05, 0) is 44.2 Å². The van der Waals surface area contributed by atoms with Crippen LogP contribution in [0.1, 0.15) is 56.9 Å². The molecule has 21 heavy (non-hydrogen) atoms. The minimum atomic E-state index is 0.667. The molecule has 2 fully saturated rings. The smallest absolute Gasteiger partial charge is 0.0192 e. The van der Waals surface area contributed by atoms with E-state index in [9.17, 15) is 0 Å². The molecule has 2 nitrogen and oxygen atoms in total. The first kappa shape index (κ1) is 15.1. The summed E-state index contributed by atoms with van der Waals surface area (Å²) in [5.74, 6) is 0.739. The van der Waals surface area contributed by atoms with E-state index in [1.165, 1.54) is 57.2 Å². The first-order chi connectivity index (χ1) is 10.3. The monoisotopic (exact) mass is 286 g/mol. The van der Waals surface area contributed by atoms with Crippen molar-refractivity contribution in [1.82, 2.24) is 10.2 Å². The van der Waals surface area contributed by atoms with Crippen LogP contribution in [0, 0.1) is 0 Å². The lowest BCUT2D eigenvalue weighted by Crippen LogP contribution is -2.43. The Morgan fingerprint density at radius 3 is 2.62 bits per heavy atom. The summed E-state index contributed by atoms with van der Waals surface area (Å²) >= 11 is 0. The van der Waals surface area contributed by atoms with E-state index in [1.807, 2.05) is 0 Å². The normalized spacial score (nSPS) is 26.0. The van der Waals surface area contributed by atoms with Gasteiger partial charge in [-0.3, -0.25) is 4.90 Å². The molecule has 1 aliphatic heterocycles. The van der Waals surface area contributed by atoms with Crippen molar-refractivity contribution in [3.8, 4) is 0 Å². The molecule has 0 aromatic heterocycles. The number of hydrogen-bond acceptors (Lipinski definition) is 2. The van der Waals surface area contributed by atoms with E-state index in [0.29, 0.717) is 6.04 Å². The lowest BCUT2D eigenvalue weighted by atomic mass is 9.95. The third kappa shape index (κ3) is 4.08. The Labute approximate surface area is 129 Å². The largest absolute Gasteiger partial charge is 0.312 e. The Kier molecular flexibility index (Phi) is 5.32. The highest BCUT2D eigenvalue weighted by Crippen LogP contribution is 2.28. The molecule has 1 aromatic rings. The van der Waals surface area contributed by atoms with Crippen molar-refractivity contribution in [2.24, 2.45) is 0 Å². The summed E-state index contributed by atoms with van der Waals surface area (Å²) in [5.41, 5.74) is 1.52. The van der Waals surface area contributed by atoms with E-state index in [2.05, 4.69) is 47.5 Å². The zero-order chi connectivity index (χ0) is 14.5. The maximum Gasteiger partial charge on any atom is 0.0192 e. The fourth-order valence-electron chi connectivity index (χ4n) is 3.96. The average Bonchev–Trinajstić information content (AvgIpc) is 3.04. The van der Waals surface area contributed by atoms with E-state index in [-0.39, 0.29) is 0 Å². The Hall–Kier alpha value is -0.860. The van der Waals surface area contributed by atoms with E-state index in [4.69, 9.17) is 0 Å². The molecule has 3 rings (SSSR count). The number of rotatable bonds is 5. The molecule has 1 heterocycles. The summed E-state index contributed by atoms with van der Waals surface area (Å²) in [5, 5.41) is 3.81. The maximum absolute atomic E-state index is 3.81. The van der Waals surface area contributed by atoms with Crippen LogP contribution in [-0.2, 0) is 0 Å². The minimum absolute atomic E-state index is 0.667. The minimum Gasteiger partial charge on any atom is -0.312 e. The van der Waals surface area contributed by atoms with Gasteiger partial charge in [0.15, 0.2) is 0 Å². The topological polar surface area (TPSA) is 15.3 Å². The molecule has 1 N–H and O–H groups in total. The van der Waals surface area contributed by atoms with Gasteiger partial charge in [0.25, 0.3) is 0 Å². The van der Waals surface area contributed by atoms with Gasteiger partial charge in [-0.1, -0.05) is 49.6 Å². The van der Waals surface area contributed by atoms with E-state index in [0.717, 1.165) is 18.5 Å². The molecule has 2 aliphatic rings. The molecule has 2 atom stereocenters. The van der Waals surface area contributed by atoms with Crippen molar-refractivity contribution in [2.45, 2.75) is 63.5 Å². The summed E-state index contributed by atoms with van der Waals surface area (Å²) < 4.78 is 0. The van der Waals surface area contributed by atoms with Crippen LogP contribution in [0.4, 0.5) is 0 Å². The summed E-state index contributed by atoms with van der Waals surface area (Å²) in [6.07, 6.45) is 8.38. The second-order valence-corrected chi connectivity index (χ2v) is 6.98. The number of benzene rings is 1. The second-order valence-electron chi connectivity index (χ2n) is 6.98. The van der Waals surface area contributed by atoms with Crippen LogP contribution in [0.25, 0.3) is 0 Å². The molecular weight excluding hydrogens is 256 g/mol. The van der Waals surface area contributed by atoms with Crippen LogP contribution in [0.3, 0.4) is 0 Å². The highest BCUT2D eigenvalue weighted by molar-refractivity contribution is 5.21. The summed E-state index contributed by atoms with van der Waals surface area (Å²) in [6, 6.07) is 12.5. The molecule has 2 heteroatoms. The molecule has 1 aromatic carbocycles. The van der Waals surface area contributed by atoms with Crippen LogP contribution < -0.4 is 5.32 Å². The van der Waals surface area contributed by atoms with Gasteiger partial charge in [0.1, 0.15) is 0 Å². The van der Waals surface area contributed by atoms with Crippen molar-refractivity contribution in [3.05, 3.63) is 35.9 Å². The van der Waals surface area contributed by atoms with Crippen molar-refractivity contribution >= 4 is 0 Å². The summed E-state index contributed by atoms with van der Waals surface area (Å²) in [7, 11) is 0. The van der Waals surface area contributed by atoms with Gasteiger partial charge in [0.05, 0.1) is 0 Å². The molecule has 1 saturated carbocycles. The Balaban J connectivity index is 1.44. The first-order valence-electron chi connectivity index (χ1n) is 8.85. The second kappa shape index (κ2) is 7.42. The molecule has 0 bridgehead atoms. The van der Waals surface area contributed by atoms with Crippen LogP contribution in [0.15, 0.2) is 30.3 Å². The SMILES string of the molecule is CC(CNC1CCCCC1)N1CCC(c2ccccc2)C1. The first-order valence-corrected chi connectivity index (χ1v) is 8.85. The van der Waals surface area contributed by atoms with Crippen molar-refractivity contribution in [2.75, 3.05) is 19.6 Å². The van der Waals surface area contributed by atoms with Crippen molar-refractivity contribution in [3.63, 3.8) is 0 Å². The quantitative estimate of drug-likeness (QED) is 0.886. The van der Waals surface area contributed by atoms with Crippen LogP contribution in [0.5, 0.6) is 0 Å². The summed E-state index contributed by atoms with van der Waals surface area (Å²) in [4.78, 5) is 2.67. The number of nitrogens with zero attached hydrogens (tertiary/aromatic N) is 1. The molecular formula is C19H30N2. The molecule has 1 saturated heterocycles. The predicted molar refractivity (Wildman–Crippen MR) is 89.7 cm³/mol. The third-order valence-corrected chi connectivity index (χ3v) is 5.42. The molecule has 0 spiro atoms. The molecule has 0 amide bonds. The fraction of sp³-hybridized carbons (Fsp3) is 0.684. The van der Waals surface area contributed by atoms with E-state index >= 15 is 0 Å². The van der Waals surface area contributed by atoms with Crippen molar-refractivity contribution < 1.29 is 0 Å². The van der Waals surface area contributed by atoms with E-state index in [1.54, 1.807) is 0 Å². The van der Waals surface area contributed by atoms with Crippen LogP contribution >= 0.6 is 0 Å². The number of likely N-dealkylation sites (tertiary alicyclic amines) is 1. The maximum atomic E-state index is 3.81. The Morgan fingerprint density at radius 2 is 1.86 bits per heavy atom. The Morgan fingerprint density at radius 1 is 1.10 bits per heavy atom. The lowest BCUT2D eigenvalue weighted by molar-refractivity contribution is 0.235. The summed E-state index contributed by atoms with van der Waals surface area (Å²) in [6.45, 7) is 6.04. The zero-order valence-corrected chi connectivity index (χ0v) is 13.4. The van der Waals surface area contributed by atoms with Gasteiger partial charge in [-0.2, -0.15) is 0 Å². The van der Waals surface area contributed by atoms with Gasteiger partial charge in [0.2, 0.25) is 0 Å². The van der Waals surface area contributed by atoms with Gasteiger partial charge in [0, 0.05) is 25.2 Å². The lowest BCUT2D eigenvalue weighted by Gasteiger charge is -2.29. The van der Waals surface area contributed by atoms with Crippen LogP contribution in [0.2, 0.25) is 0 Å². The van der Waals surface area contributed by atoms with Gasteiger partial charge in [-0.15, -0.1) is 0 Å². The standard InChI is InChI=1S/C19H30N2/c1-16(14-20-19-10-6-3-7-11-19)21-13-12-18(15-21)17-8-4-2-5-9-17/h2,4-5,8-9,16,18-20H,3,6-7,10-15H2,1H3.